The molecule has 3 aromatic rings. The van der Waals surface area contributed by atoms with E-state index in [4.69, 9.17) is 53.1 Å². The van der Waals surface area contributed by atoms with Gasteiger partial charge in [0.2, 0.25) is 0 Å². The number of carbonyl (C=O) groups excluding carboxylic acids is 1. The topological polar surface area (TPSA) is 147 Å². The molecule has 0 aromatic heterocycles. The minimum atomic E-state index is -0.453. The Morgan fingerprint density at radius 1 is 0.500 bits per heavy atom. The third-order valence-electron chi connectivity index (χ3n) is 7.87. The van der Waals surface area contributed by atoms with Crippen LogP contribution in [0.5, 0.6) is 5.75 Å². The van der Waals surface area contributed by atoms with E-state index < -0.39 is 6.09 Å². The van der Waals surface area contributed by atoms with Gasteiger partial charge in [0.15, 0.2) is 0 Å². The van der Waals surface area contributed by atoms with Gasteiger partial charge in [0.25, 0.3) is 0 Å². The Morgan fingerprint density at radius 3 is 1.35 bits per heavy atom. The number of hydrogen-bond donors (Lipinski definition) is 2. The number of nitrogens with one attached hydrogen (secondary N) is 1. The van der Waals surface area contributed by atoms with Gasteiger partial charge in [0.05, 0.1) is 111 Å². The maximum absolute atomic E-state index is 12.2. The van der Waals surface area contributed by atoms with Gasteiger partial charge in [-0.2, -0.15) is 0 Å². The van der Waals surface area contributed by atoms with Gasteiger partial charge in [-0.1, -0.05) is 60.7 Å². The van der Waals surface area contributed by atoms with Crippen LogP contribution in [0.25, 0.3) is 11.1 Å². The summed E-state index contributed by atoms with van der Waals surface area (Å²) in [4.78, 5) is 12.2. The molecule has 0 atom stereocenters. The van der Waals surface area contributed by atoms with Crippen molar-refractivity contribution < 1.29 is 52.2 Å². The SMILES string of the molecule is Nc1ccccc1OCCOCCOCCOCCOCCOCCOCCOCCOCCNC(=O)OCC1c2ccccc2-c2ccccc21. The van der Waals surface area contributed by atoms with Crippen molar-refractivity contribution in [1.29, 1.82) is 0 Å². The number of alkyl carbamates (subject to hydrolysis) is 1. The highest BCUT2D eigenvalue weighted by Crippen LogP contribution is 2.44. The first-order chi connectivity index (χ1) is 25.7. The van der Waals surface area contributed by atoms with Crippen molar-refractivity contribution in [2.75, 3.05) is 131 Å². The Hall–Kier alpha value is -3.79. The molecule has 0 saturated heterocycles. The minimum Gasteiger partial charge on any atom is -0.489 e. The number of nitrogens with two attached hydrogens (primary N) is 1. The summed E-state index contributed by atoms with van der Waals surface area (Å²) < 4.78 is 55.1. The number of amides is 1. The lowest BCUT2D eigenvalue weighted by atomic mass is 9.98. The Balaban J connectivity index is 0.811. The zero-order chi connectivity index (χ0) is 36.3. The van der Waals surface area contributed by atoms with Crippen LogP contribution in [-0.4, -0.2) is 132 Å². The molecule has 0 aliphatic heterocycles. The molecule has 286 valence electrons. The highest BCUT2D eigenvalue weighted by Gasteiger charge is 2.28. The molecule has 13 heteroatoms. The summed E-state index contributed by atoms with van der Waals surface area (Å²) in [7, 11) is 0. The van der Waals surface area contributed by atoms with Gasteiger partial charge in [0, 0.05) is 12.5 Å². The van der Waals surface area contributed by atoms with E-state index in [0.717, 1.165) is 0 Å². The second kappa shape index (κ2) is 26.0. The Bertz CT molecular complexity index is 1350. The number of para-hydroxylation sites is 2. The lowest BCUT2D eigenvalue weighted by molar-refractivity contribution is -0.0235. The summed E-state index contributed by atoms with van der Waals surface area (Å²) in [6, 6.07) is 23.9. The molecule has 0 heterocycles. The van der Waals surface area contributed by atoms with Crippen molar-refractivity contribution in [2.45, 2.75) is 5.92 Å². The maximum atomic E-state index is 12.2. The molecule has 0 bridgehead atoms. The summed E-state index contributed by atoms with van der Waals surface area (Å²) in [6.07, 6.45) is -0.453. The summed E-state index contributed by atoms with van der Waals surface area (Å²) in [5, 5.41) is 2.74. The van der Waals surface area contributed by atoms with E-state index in [0.29, 0.717) is 130 Å². The number of carbonyl (C=O) groups is 1. The quantitative estimate of drug-likeness (QED) is 0.0745. The second-order valence-corrected chi connectivity index (χ2v) is 11.5. The Labute approximate surface area is 306 Å². The molecular weight excluding hydrogens is 672 g/mol. The van der Waals surface area contributed by atoms with Crippen molar-refractivity contribution >= 4 is 11.8 Å². The summed E-state index contributed by atoms with van der Waals surface area (Å²) in [5.41, 5.74) is 11.2. The Morgan fingerprint density at radius 2 is 0.885 bits per heavy atom. The number of fused-ring (bicyclic) bond motifs is 3. The van der Waals surface area contributed by atoms with Crippen molar-refractivity contribution in [3.63, 3.8) is 0 Å². The molecule has 3 aromatic carbocycles. The smallest absolute Gasteiger partial charge is 0.407 e. The van der Waals surface area contributed by atoms with Gasteiger partial charge in [0.1, 0.15) is 19.0 Å². The number of benzene rings is 3. The van der Waals surface area contributed by atoms with Crippen LogP contribution >= 0.6 is 0 Å². The first-order valence-electron chi connectivity index (χ1n) is 17.9. The van der Waals surface area contributed by atoms with Crippen LogP contribution in [0.4, 0.5) is 10.5 Å². The number of nitrogen functional groups attached to an aromatic ring is 1. The van der Waals surface area contributed by atoms with Gasteiger partial charge in [-0.25, -0.2) is 4.79 Å². The fourth-order valence-corrected chi connectivity index (χ4v) is 5.34. The largest absolute Gasteiger partial charge is 0.489 e. The first kappa shape index (κ1) is 41.0. The number of ether oxygens (including phenoxy) is 10. The number of rotatable bonds is 30. The molecule has 0 spiro atoms. The van der Waals surface area contributed by atoms with Gasteiger partial charge < -0.3 is 58.4 Å². The summed E-state index contributed by atoms with van der Waals surface area (Å²) in [6.45, 7) is 8.59. The number of anilines is 1. The molecule has 3 N–H and O–H groups in total. The fraction of sp³-hybridized carbons (Fsp3) is 0.513. The summed E-state index contributed by atoms with van der Waals surface area (Å²) in [5.74, 6) is 0.701. The molecule has 1 amide bonds. The van der Waals surface area contributed by atoms with Crippen LogP contribution in [0, 0.1) is 0 Å². The van der Waals surface area contributed by atoms with Gasteiger partial charge in [-0.15, -0.1) is 0 Å². The van der Waals surface area contributed by atoms with E-state index in [1.807, 2.05) is 42.5 Å². The first-order valence-corrected chi connectivity index (χ1v) is 17.9. The van der Waals surface area contributed by atoms with Gasteiger partial charge in [-0.3, -0.25) is 0 Å². The zero-order valence-corrected chi connectivity index (χ0v) is 30.0. The van der Waals surface area contributed by atoms with Gasteiger partial charge >= 0.3 is 6.09 Å². The molecule has 1 aliphatic rings. The molecule has 0 saturated carbocycles. The monoisotopic (exact) mass is 726 g/mol. The van der Waals surface area contributed by atoms with Crippen molar-refractivity contribution in [1.82, 2.24) is 5.32 Å². The molecule has 52 heavy (non-hydrogen) atoms. The lowest BCUT2D eigenvalue weighted by Crippen LogP contribution is -2.29. The lowest BCUT2D eigenvalue weighted by Gasteiger charge is -2.14. The Kier molecular flexibility index (Phi) is 20.5. The van der Waals surface area contributed by atoms with Gasteiger partial charge in [-0.05, 0) is 34.4 Å². The van der Waals surface area contributed by atoms with Crippen LogP contribution in [0.15, 0.2) is 72.8 Å². The van der Waals surface area contributed by atoms with Crippen molar-refractivity contribution in [2.24, 2.45) is 0 Å². The van der Waals surface area contributed by atoms with Crippen molar-refractivity contribution in [3.8, 4) is 16.9 Å². The van der Waals surface area contributed by atoms with E-state index in [9.17, 15) is 4.79 Å². The van der Waals surface area contributed by atoms with Crippen LogP contribution in [0.2, 0.25) is 0 Å². The fourth-order valence-electron chi connectivity index (χ4n) is 5.34. The van der Waals surface area contributed by atoms with E-state index >= 15 is 0 Å². The zero-order valence-electron chi connectivity index (χ0n) is 30.0. The van der Waals surface area contributed by atoms with E-state index in [-0.39, 0.29) is 12.5 Å². The molecule has 0 fully saturated rings. The molecule has 0 radical (unpaired) electrons. The predicted molar refractivity (Wildman–Crippen MR) is 196 cm³/mol. The van der Waals surface area contributed by atoms with Crippen molar-refractivity contribution in [3.05, 3.63) is 83.9 Å². The average Bonchev–Trinajstić information content (AvgIpc) is 3.49. The molecular formula is C39H54N2O11. The predicted octanol–water partition coefficient (Wildman–Crippen LogP) is 4.32. The normalized spacial score (nSPS) is 12.1. The van der Waals surface area contributed by atoms with Crippen LogP contribution in [0.1, 0.15) is 17.0 Å². The molecule has 0 unspecified atom stereocenters. The highest BCUT2D eigenvalue weighted by molar-refractivity contribution is 5.79. The molecule has 1 aliphatic carbocycles. The second-order valence-electron chi connectivity index (χ2n) is 11.5. The van der Waals surface area contributed by atoms with E-state index in [1.54, 1.807) is 6.07 Å². The third kappa shape index (κ3) is 15.8. The summed E-state index contributed by atoms with van der Waals surface area (Å²) >= 11 is 0. The standard InChI is InChI=1S/C39H54N2O11/c40-37-11-5-6-12-38(37)51-30-29-50-28-27-49-26-25-48-24-23-47-22-21-46-20-19-45-18-17-44-16-15-43-14-13-41-39(42)52-31-36-34-9-3-1-7-32(34)33-8-2-4-10-35(33)36/h1-12,36H,13-31,40H2,(H,41,42). The third-order valence-corrected chi connectivity index (χ3v) is 7.87. The molecule has 4 rings (SSSR count). The van der Waals surface area contributed by atoms with Crippen LogP contribution in [-0.2, 0) is 42.6 Å². The molecule has 13 nitrogen and oxygen atoms in total. The maximum Gasteiger partial charge on any atom is 0.407 e. The van der Waals surface area contributed by atoms with Crippen LogP contribution in [0.3, 0.4) is 0 Å². The van der Waals surface area contributed by atoms with Crippen LogP contribution < -0.4 is 15.8 Å². The van der Waals surface area contributed by atoms with E-state index in [2.05, 4.69) is 29.6 Å². The minimum absolute atomic E-state index is 0.0369. The highest BCUT2D eigenvalue weighted by atomic mass is 16.6. The van der Waals surface area contributed by atoms with E-state index in [1.165, 1.54) is 22.3 Å². The number of hydrogen-bond acceptors (Lipinski definition) is 12. The average molecular weight is 727 g/mol.